The van der Waals surface area contributed by atoms with Crippen molar-refractivity contribution < 1.29 is 14.3 Å². The van der Waals surface area contributed by atoms with Gasteiger partial charge in [0.05, 0.1) is 12.2 Å². The van der Waals surface area contributed by atoms with Gasteiger partial charge in [-0.05, 0) is 42.3 Å². The Morgan fingerprint density at radius 2 is 1.41 bits per heavy atom. The topological polar surface area (TPSA) is 43.4 Å². The zero-order chi connectivity index (χ0) is 15.9. The number of benzene rings is 2. The first-order valence-corrected chi connectivity index (χ1v) is 7.48. The molecule has 114 valence electrons. The van der Waals surface area contributed by atoms with Crippen LogP contribution in [0, 0.1) is 0 Å². The molecule has 0 aromatic heterocycles. The lowest BCUT2D eigenvalue weighted by Gasteiger charge is -2.04. The fourth-order valence-corrected chi connectivity index (χ4v) is 2.22. The normalized spacial score (nSPS) is 10.3. The Kier molecular flexibility index (Phi) is 5.73. The second-order valence-electron chi connectivity index (χ2n) is 4.94. The molecule has 0 amide bonds. The average molecular weight is 317 g/mol. The number of halogens is 1. The van der Waals surface area contributed by atoms with E-state index in [-0.39, 0.29) is 11.8 Å². The second kappa shape index (κ2) is 7.76. The summed E-state index contributed by atoms with van der Waals surface area (Å²) in [6.07, 6.45) is 0.711. The molecule has 0 spiro atoms. The lowest BCUT2D eigenvalue weighted by molar-refractivity contribution is -0.117. The molecule has 0 unspecified atom stereocenters. The van der Waals surface area contributed by atoms with Crippen molar-refractivity contribution in [3.05, 3.63) is 70.2 Å². The van der Waals surface area contributed by atoms with E-state index in [1.54, 1.807) is 43.3 Å². The van der Waals surface area contributed by atoms with Gasteiger partial charge in [0.15, 0.2) is 0 Å². The third-order valence-electron chi connectivity index (χ3n) is 3.18. The summed E-state index contributed by atoms with van der Waals surface area (Å²) in [5.41, 5.74) is 2.32. The molecule has 3 nitrogen and oxygen atoms in total. The van der Waals surface area contributed by atoms with E-state index >= 15 is 0 Å². The van der Waals surface area contributed by atoms with Gasteiger partial charge in [0, 0.05) is 17.9 Å². The fraction of sp³-hybridized carbons (Fsp3) is 0.222. The third kappa shape index (κ3) is 4.71. The molecule has 0 aliphatic rings. The van der Waals surface area contributed by atoms with Crippen LogP contribution in [0.2, 0.25) is 5.02 Å². The largest absolute Gasteiger partial charge is 0.462 e. The van der Waals surface area contributed by atoms with Crippen LogP contribution in [0.3, 0.4) is 0 Å². The Hall–Kier alpha value is -2.13. The van der Waals surface area contributed by atoms with E-state index in [1.165, 1.54) is 0 Å². The number of carbonyl (C=O) groups is 2. The van der Waals surface area contributed by atoms with E-state index in [0.29, 0.717) is 30.0 Å². The summed E-state index contributed by atoms with van der Waals surface area (Å²) in [6.45, 7) is 2.11. The fourth-order valence-electron chi connectivity index (χ4n) is 2.09. The van der Waals surface area contributed by atoms with Gasteiger partial charge in [0.2, 0.25) is 0 Å². The summed E-state index contributed by atoms with van der Waals surface area (Å²) >= 11 is 5.82. The Labute approximate surface area is 134 Å². The van der Waals surface area contributed by atoms with E-state index in [0.717, 1.165) is 11.1 Å². The highest BCUT2D eigenvalue weighted by molar-refractivity contribution is 6.30. The molecule has 4 heteroatoms. The molecule has 2 rings (SSSR count). The van der Waals surface area contributed by atoms with E-state index in [4.69, 9.17) is 16.3 Å². The maximum absolute atomic E-state index is 12.1. The van der Waals surface area contributed by atoms with Crippen molar-refractivity contribution in [1.29, 1.82) is 0 Å². The minimum atomic E-state index is -0.346. The van der Waals surface area contributed by atoms with Crippen LogP contribution < -0.4 is 0 Å². The molecule has 0 radical (unpaired) electrons. The molecule has 2 aromatic rings. The molecule has 0 N–H and O–H groups in total. The highest BCUT2D eigenvalue weighted by atomic mass is 35.5. The van der Waals surface area contributed by atoms with Gasteiger partial charge >= 0.3 is 5.97 Å². The molecule has 0 aliphatic heterocycles. The zero-order valence-electron chi connectivity index (χ0n) is 12.3. The van der Waals surface area contributed by atoms with Crippen molar-refractivity contribution >= 4 is 23.4 Å². The monoisotopic (exact) mass is 316 g/mol. The lowest BCUT2D eigenvalue weighted by atomic mass is 10.0. The summed E-state index contributed by atoms with van der Waals surface area (Å²) in [6, 6.07) is 14.2. The zero-order valence-corrected chi connectivity index (χ0v) is 13.1. The van der Waals surface area contributed by atoms with E-state index in [1.807, 2.05) is 12.1 Å². The Morgan fingerprint density at radius 3 is 1.91 bits per heavy atom. The molecular formula is C18H17ClO3. The molecule has 22 heavy (non-hydrogen) atoms. The van der Waals surface area contributed by atoms with Crippen LogP contribution in [-0.4, -0.2) is 18.4 Å². The molecule has 0 heterocycles. The van der Waals surface area contributed by atoms with Gasteiger partial charge in [-0.1, -0.05) is 35.9 Å². The van der Waals surface area contributed by atoms with Crippen molar-refractivity contribution in [3.8, 4) is 0 Å². The van der Waals surface area contributed by atoms with Crippen LogP contribution in [0.15, 0.2) is 48.5 Å². The number of esters is 1. The van der Waals surface area contributed by atoms with Crippen LogP contribution >= 0.6 is 11.6 Å². The van der Waals surface area contributed by atoms with Gasteiger partial charge < -0.3 is 4.74 Å². The van der Waals surface area contributed by atoms with Crippen LogP contribution in [0.1, 0.15) is 28.4 Å². The number of hydrogen-bond donors (Lipinski definition) is 0. The molecule has 2 aromatic carbocycles. The smallest absolute Gasteiger partial charge is 0.338 e. The van der Waals surface area contributed by atoms with Crippen LogP contribution in [0.5, 0.6) is 0 Å². The maximum Gasteiger partial charge on any atom is 0.338 e. The summed E-state index contributed by atoms with van der Waals surface area (Å²) in [5.74, 6) is -0.229. The summed E-state index contributed by atoms with van der Waals surface area (Å²) in [7, 11) is 0. The minimum absolute atomic E-state index is 0.117. The lowest BCUT2D eigenvalue weighted by Crippen LogP contribution is -2.08. The predicted octanol–water partition coefficient (Wildman–Crippen LogP) is 3.87. The van der Waals surface area contributed by atoms with Crippen LogP contribution in [0.4, 0.5) is 0 Å². The molecule has 0 saturated heterocycles. The molecule has 0 saturated carbocycles. The number of carbonyl (C=O) groups excluding carboxylic acids is 2. The first-order valence-electron chi connectivity index (χ1n) is 7.10. The molecule has 0 bridgehead atoms. The Morgan fingerprint density at radius 1 is 0.909 bits per heavy atom. The Bertz CT molecular complexity index is 645. The van der Waals surface area contributed by atoms with Crippen molar-refractivity contribution in [2.75, 3.05) is 6.61 Å². The number of Topliss-reactive ketones (excluding diaryl/α,β-unsaturated/α-hetero) is 1. The summed E-state index contributed by atoms with van der Waals surface area (Å²) in [5, 5.41) is 0.658. The van der Waals surface area contributed by atoms with Crippen molar-refractivity contribution in [1.82, 2.24) is 0 Å². The Balaban J connectivity index is 1.94. The first-order chi connectivity index (χ1) is 10.6. The third-order valence-corrected chi connectivity index (χ3v) is 3.43. The van der Waals surface area contributed by atoms with Gasteiger partial charge in [-0.2, -0.15) is 0 Å². The van der Waals surface area contributed by atoms with Crippen LogP contribution in [-0.2, 0) is 22.4 Å². The molecule has 0 atom stereocenters. The minimum Gasteiger partial charge on any atom is -0.462 e. The van der Waals surface area contributed by atoms with E-state index < -0.39 is 0 Å². The maximum atomic E-state index is 12.1. The highest BCUT2D eigenvalue weighted by Crippen LogP contribution is 2.12. The van der Waals surface area contributed by atoms with Gasteiger partial charge in [-0.15, -0.1) is 0 Å². The molecule has 0 aliphatic carbocycles. The van der Waals surface area contributed by atoms with Crippen molar-refractivity contribution in [2.45, 2.75) is 19.8 Å². The predicted molar refractivity (Wildman–Crippen MR) is 86.3 cm³/mol. The van der Waals surface area contributed by atoms with E-state index in [9.17, 15) is 9.59 Å². The second-order valence-corrected chi connectivity index (χ2v) is 5.37. The summed E-state index contributed by atoms with van der Waals surface area (Å²) < 4.78 is 4.92. The molecule has 0 fully saturated rings. The van der Waals surface area contributed by atoms with Gasteiger partial charge in [0.1, 0.15) is 5.78 Å². The highest BCUT2D eigenvalue weighted by Gasteiger charge is 2.08. The van der Waals surface area contributed by atoms with Crippen LogP contribution in [0.25, 0.3) is 0 Å². The first kappa shape index (κ1) is 16.2. The van der Waals surface area contributed by atoms with Gasteiger partial charge in [0.25, 0.3) is 0 Å². The van der Waals surface area contributed by atoms with Gasteiger partial charge in [-0.3, -0.25) is 4.79 Å². The SMILES string of the molecule is CCOC(=O)c1ccc(CC(=O)Cc2ccc(Cl)cc2)cc1. The van der Waals surface area contributed by atoms with Crippen molar-refractivity contribution in [3.63, 3.8) is 0 Å². The number of rotatable bonds is 6. The average Bonchev–Trinajstić information content (AvgIpc) is 2.50. The molecular weight excluding hydrogens is 300 g/mol. The summed E-state index contributed by atoms with van der Waals surface area (Å²) in [4.78, 5) is 23.6. The number of ketones is 1. The van der Waals surface area contributed by atoms with Gasteiger partial charge in [-0.25, -0.2) is 4.79 Å². The number of hydrogen-bond acceptors (Lipinski definition) is 3. The standard InChI is InChI=1S/C18H17ClO3/c1-2-22-18(21)15-7-3-13(4-8-15)11-17(20)12-14-5-9-16(19)10-6-14/h3-10H,2,11-12H2,1H3. The quantitative estimate of drug-likeness (QED) is 0.760. The number of ether oxygens (including phenoxy) is 1. The van der Waals surface area contributed by atoms with E-state index in [2.05, 4.69) is 0 Å². The van der Waals surface area contributed by atoms with Crippen molar-refractivity contribution in [2.24, 2.45) is 0 Å².